The van der Waals surface area contributed by atoms with Crippen LogP contribution in [-0.2, 0) is 11.3 Å². The monoisotopic (exact) mass is 557 g/mol. The fourth-order valence-electron chi connectivity index (χ4n) is 4.67. The van der Waals surface area contributed by atoms with Gasteiger partial charge in [0.05, 0.1) is 26.4 Å². The Labute approximate surface area is 238 Å². The number of nitrogens with zero attached hydrogens (tertiary/aromatic N) is 1. The molecule has 0 unspecified atom stereocenters. The standard InChI is InChI=1S/C32H32FN3O5/c1-19-23(22-15-27(33)26(18-34-13-14-37)30(16-22)40-3)7-5-8-24(19)25-9-6-10-28(20(25)2)36-31(38)29-12-11-21(17-35-29)32(39)41-4/h5-12,15-17,34,37H,13-14,18H2,1-4H3,(H,36,38). The molecular weight excluding hydrogens is 525 g/mol. The van der Waals surface area contributed by atoms with E-state index in [1.807, 2.05) is 56.3 Å². The van der Waals surface area contributed by atoms with E-state index in [1.165, 1.54) is 38.6 Å². The number of methoxy groups -OCH3 is 2. The zero-order valence-corrected chi connectivity index (χ0v) is 23.4. The maximum absolute atomic E-state index is 15.2. The highest BCUT2D eigenvalue weighted by molar-refractivity contribution is 6.04. The summed E-state index contributed by atoms with van der Waals surface area (Å²) in [5.41, 5.74) is 6.57. The number of aliphatic hydroxyl groups is 1. The molecule has 0 saturated carbocycles. The molecule has 212 valence electrons. The van der Waals surface area contributed by atoms with E-state index in [1.54, 1.807) is 0 Å². The van der Waals surface area contributed by atoms with Crippen molar-refractivity contribution in [1.29, 1.82) is 0 Å². The average molecular weight is 558 g/mol. The second kappa shape index (κ2) is 13.2. The average Bonchev–Trinajstić information content (AvgIpc) is 2.98. The summed E-state index contributed by atoms with van der Waals surface area (Å²) in [5.74, 6) is -0.922. The van der Waals surface area contributed by atoms with Crippen LogP contribution < -0.4 is 15.4 Å². The minimum Gasteiger partial charge on any atom is -0.496 e. The number of halogens is 1. The number of ether oxygens (including phenoxy) is 2. The molecule has 4 aromatic rings. The van der Waals surface area contributed by atoms with Gasteiger partial charge in [0, 0.05) is 30.5 Å². The predicted molar refractivity (Wildman–Crippen MR) is 156 cm³/mol. The molecule has 0 bridgehead atoms. The summed E-state index contributed by atoms with van der Waals surface area (Å²) in [4.78, 5) is 28.7. The first-order valence-corrected chi connectivity index (χ1v) is 13.0. The predicted octanol–water partition coefficient (Wildman–Crippen LogP) is 5.30. The number of benzene rings is 3. The van der Waals surface area contributed by atoms with Crippen molar-refractivity contribution < 1.29 is 28.6 Å². The number of esters is 1. The van der Waals surface area contributed by atoms with Crippen LogP contribution in [0, 0.1) is 19.7 Å². The summed E-state index contributed by atoms with van der Waals surface area (Å²) in [6.45, 7) is 4.43. The lowest BCUT2D eigenvalue weighted by molar-refractivity contribution is 0.0599. The molecule has 41 heavy (non-hydrogen) atoms. The minimum absolute atomic E-state index is 0.0423. The first kappa shape index (κ1) is 29.4. The maximum Gasteiger partial charge on any atom is 0.339 e. The molecule has 3 aromatic carbocycles. The zero-order valence-electron chi connectivity index (χ0n) is 23.4. The molecule has 0 spiro atoms. The second-order valence-electron chi connectivity index (χ2n) is 9.37. The van der Waals surface area contributed by atoms with Crippen molar-refractivity contribution in [3.63, 3.8) is 0 Å². The number of carbonyl (C=O) groups is 2. The Kier molecular flexibility index (Phi) is 9.44. The highest BCUT2D eigenvalue weighted by Crippen LogP contribution is 2.37. The Hall–Kier alpha value is -4.60. The number of rotatable bonds is 10. The van der Waals surface area contributed by atoms with Crippen LogP contribution in [0.15, 0.2) is 66.9 Å². The molecule has 0 aliphatic rings. The van der Waals surface area contributed by atoms with Crippen LogP contribution in [0.5, 0.6) is 5.75 Å². The first-order valence-electron chi connectivity index (χ1n) is 13.0. The van der Waals surface area contributed by atoms with Crippen LogP contribution in [0.1, 0.15) is 37.5 Å². The Bertz CT molecular complexity index is 1570. The number of hydrogen-bond acceptors (Lipinski definition) is 7. The van der Waals surface area contributed by atoms with Gasteiger partial charge in [-0.05, 0) is 77.6 Å². The number of pyridine rings is 1. The molecule has 1 aromatic heterocycles. The molecule has 8 nitrogen and oxygen atoms in total. The van der Waals surface area contributed by atoms with E-state index in [9.17, 15) is 9.59 Å². The minimum atomic E-state index is -0.530. The van der Waals surface area contributed by atoms with Gasteiger partial charge in [-0.25, -0.2) is 9.18 Å². The van der Waals surface area contributed by atoms with Crippen molar-refractivity contribution in [2.24, 2.45) is 0 Å². The van der Waals surface area contributed by atoms with Crippen molar-refractivity contribution in [3.05, 3.63) is 101 Å². The Morgan fingerprint density at radius 3 is 2.32 bits per heavy atom. The molecular formula is C32H32FN3O5. The number of aromatic nitrogens is 1. The molecule has 0 fully saturated rings. The number of amides is 1. The summed E-state index contributed by atoms with van der Waals surface area (Å²) >= 11 is 0. The van der Waals surface area contributed by atoms with E-state index in [2.05, 4.69) is 20.4 Å². The molecule has 4 rings (SSSR count). The zero-order chi connectivity index (χ0) is 29.5. The summed E-state index contributed by atoms with van der Waals surface area (Å²) in [5, 5.41) is 14.9. The van der Waals surface area contributed by atoms with Gasteiger partial charge in [0.1, 0.15) is 17.3 Å². The lowest BCUT2D eigenvalue weighted by Crippen LogP contribution is -2.18. The smallest absolute Gasteiger partial charge is 0.339 e. The highest BCUT2D eigenvalue weighted by Gasteiger charge is 2.18. The summed E-state index contributed by atoms with van der Waals surface area (Å²) in [6, 6.07) is 17.7. The van der Waals surface area contributed by atoms with E-state index in [4.69, 9.17) is 9.84 Å². The number of carbonyl (C=O) groups excluding carboxylic acids is 2. The summed E-state index contributed by atoms with van der Waals surface area (Å²) in [6.07, 6.45) is 1.30. The Morgan fingerprint density at radius 2 is 1.66 bits per heavy atom. The molecule has 0 atom stereocenters. The number of anilines is 1. The summed E-state index contributed by atoms with van der Waals surface area (Å²) < 4.78 is 25.3. The van der Waals surface area contributed by atoms with Gasteiger partial charge in [-0.1, -0.05) is 30.3 Å². The van der Waals surface area contributed by atoms with Gasteiger partial charge >= 0.3 is 5.97 Å². The van der Waals surface area contributed by atoms with Gasteiger partial charge in [0.2, 0.25) is 0 Å². The maximum atomic E-state index is 15.2. The Balaban J connectivity index is 1.65. The lowest BCUT2D eigenvalue weighted by atomic mass is 9.90. The van der Waals surface area contributed by atoms with Crippen molar-refractivity contribution in [2.75, 3.05) is 32.7 Å². The molecule has 9 heteroatoms. The first-order chi connectivity index (χ1) is 19.8. The van der Waals surface area contributed by atoms with Gasteiger partial charge in [-0.3, -0.25) is 9.78 Å². The fourth-order valence-corrected chi connectivity index (χ4v) is 4.67. The van der Waals surface area contributed by atoms with Gasteiger partial charge < -0.3 is 25.2 Å². The van der Waals surface area contributed by atoms with Crippen LogP contribution in [0.4, 0.5) is 10.1 Å². The highest BCUT2D eigenvalue weighted by atomic mass is 19.1. The molecule has 0 saturated heterocycles. The third kappa shape index (κ3) is 6.42. The van der Waals surface area contributed by atoms with Gasteiger partial charge in [0.25, 0.3) is 5.91 Å². The topological polar surface area (TPSA) is 110 Å². The summed E-state index contributed by atoms with van der Waals surface area (Å²) in [7, 11) is 2.78. The van der Waals surface area contributed by atoms with Gasteiger partial charge in [0.15, 0.2) is 0 Å². The third-order valence-corrected chi connectivity index (χ3v) is 6.90. The molecule has 3 N–H and O–H groups in total. The van der Waals surface area contributed by atoms with Crippen LogP contribution in [0.3, 0.4) is 0 Å². The SMILES string of the molecule is COC(=O)c1ccc(C(=O)Nc2cccc(-c3cccc(-c4cc(F)c(CNCCO)c(OC)c4)c3C)c2C)nc1. The second-order valence-corrected chi connectivity index (χ2v) is 9.37. The quantitative estimate of drug-likeness (QED) is 0.179. The normalized spacial score (nSPS) is 10.8. The number of aliphatic hydroxyl groups excluding tert-OH is 1. The van der Waals surface area contributed by atoms with Crippen molar-refractivity contribution in [3.8, 4) is 28.0 Å². The van der Waals surface area contributed by atoms with Crippen molar-refractivity contribution in [1.82, 2.24) is 10.3 Å². The van der Waals surface area contributed by atoms with E-state index >= 15 is 4.39 Å². The molecule has 0 aliphatic carbocycles. The number of nitrogens with one attached hydrogen (secondary N) is 2. The van der Waals surface area contributed by atoms with Crippen LogP contribution >= 0.6 is 0 Å². The molecule has 0 aliphatic heterocycles. The molecule has 1 heterocycles. The van der Waals surface area contributed by atoms with E-state index in [0.29, 0.717) is 29.1 Å². The Morgan fingerprint density at radius 1 is 0.951 bits per heavy atom. The van der Waals surface area contributed by atoms with Gasteiger partial charge in [-0.15, -0.1) is 0 Å². The molecule has 1 amide bonds. The lowest BCUT2D eigenvalue weighted by Gasteiger charge is -2.18. The fraction of sp³-hybridized carbons (Fsp3) is 0.219. The van der Waals surface area contributed by atoms with Gasteiger partial charge in [-0.2, -0.15) is 0 Å². The van der Waals surface area contributed by atoms with E-state index in [-0.39, 0.29) is 24.4 Å². The number of hydrogen-bond donors (Lipinski definition) is 3. The van der Waals surface area contributed by atoms with Crippen LogP contribution in [0.25, 0.3) is 22.3 Å². The van der Waals surface area contributed by atoms with E-state index in [0.717, 1.165) is 27.8 Å². The largest absolute Gasteiger partial charge is 0.496 e. The van der Waals surface area contributed by atoms with Crippen LogP contribution in [-0.4, -0.2) is 49.3 Å². The van der Waals surface area contributed by atoms with E-state index < -0.39 is 17.7 Å². The third-order valence-electron chi connectivity index (χ3n) is 6.90. The van der Waals surface area contributed by atoms with Crippen molar-refractivity contribution in [2.45, 2.75) is 20.4 Å². The molecule has 0 radical (unpaired) electrons. The van der Waals surface area contributed by atoms with Crippen LogP contribution in [0.2, 0.25) is 0 Å². The van der Waals surface area contributed by atoms with Crippen molar-refractivity contribution >= 4 is 17.6 Å².